The molecular formula is C21H30N2O6S. The molecule has 9 heteroatoms. The van der Waals surface area contributed by atoms with Crippen molar-refractivity contribution in [3.8, 4) is 0 Å². The van der Waals surface area contributed by atoms with Crippen LogP contribution >= 0.6 is 0 Å². The number of carbonyl (C=O) groups excluding carboxylic acids is 4. The topological polar surface area (TPSA) is 126 Å². The first-order valence-electron chi connectivity index (χ1n) is 9.92. The van der Waals surface area contributed by atoms with Crippen molar-refractivity contribution in [3.05, 3.63) is 29.8 Å². The standard InChI is InChI=1S/C21H30N2O6S/c1-4-18(25)11-6-5-7-12-19(23-20(26)14-30(3,28)29)21(27)22-17-10-8-9-16(13-17)15(2)24/h8-10,13,19H,4-7,11-12,14H2,1-3H3,(H,22,27)(H,23,26)/t19-/m0/s1. The highest BCUT2D eigenvalue weighted by Crippen LogP contribution is 2.14. The molecule has 0 aliphatic carbocycles. The minimum Gasteiger partial charge on any atom is -0.343 e. The first-order valence-corrected chi connectivity index (χ1v) is 12.0. The van der Waals surface area contributed by atoms with Crippen molar-refractivity contribution in [2.75, 3.05) is 17.3 Å². The minimum atomic E-state index is -3.53. The van der Waals surface area contributed by atoms with Crippen molar-refractivity contribution in [2.24, 2.45) is 0 Å². The number of hydrogen-bond acceptors (Lipinski definition) is 6. The van der Waals surface area contributed by atoms with E-state index in [-0.39, 0.29) is 11.6 Å². The van der Waals surface area contributed by atoms with Crippen LogP contribution in [0.2, 0.25) is 0 Å². The summed E-state index contributed by atoms with van der Waals surface area (Å²) in [5.41, 5.74) is 0.842. The van der Waals surface area contributed by atoms with Crippen LogP contribution in [0.1, 0.15) is 62.7 Å². The molecule has 1 atom stereocenters. The molecule has 1 rings (SSSR count). The number of sulfone groups is 1. The fraction of sp³-hybridized carbons (Fsp3) is 0.524. The van der Waals surface area contributed by atoms with E-state index in [1.165, 1.54) is 13.0 Å². The lowest BCUT2D eigenvalue weighted by Crippen LogP contribution is -2.45. The molecule has 0 bridgehead atoms. The summed E-state index contributed by atoms with van der Waals surface area (Å²) in [6, 6.07) is 5.49. The van der Waals surface area contributed by atoms with Gasteiger partial charge in [-0.25, -0.2) is 8.42 Å². The molecule has 0 aliphatic rings. The maximum atomic E-state index is 12.7. The number of unbranched alkanes of at least 4 members (excludes halogenated alkanes) is 2. The average Bonchev–Trinajstić information content (AvgIpc) is 2.65. The summed E-state index contributed by atoms with van der Waals surface area (Å²) in [6.45, 7) is 3.22. The molecule has 0 fully saturated rings. The average molecular weight is 439 g/mol. The molecule has 0 aliphatic heterocycles. The third kappa shape index (κ3) is 10.3. The zero-order valence-corrected chi connectivity index (χ0v) is 18.5. The molecule has 0 radical (unpaired) electrons. The molecule has 2 amide bonds. The van der Waals surface area contributed by atoms with E-state index in [4.69, 9.17) is 0 Å². The molecule has 8 nitrogen and oxygen atoms in total. The van der Waals surface area contributed by atoms with Crippen molar-refractivity contribution in [1.82, 2.24) is 5.32 Å². The van der Waals surface area contributed by atoms with Gasteiger partial charge in [0.1, 0.15) is 17.6 Å². The van der Waals surface area contributed by atoms with Gasteiger partial charge in [-0.15, -0.1) is 0 Å². The van der Waals surface area contributed by atoms with Crippen molar-refractivity contribution in [1.29, 1.82) is 0 Å². The van der Waals surface area contributed by atoms with E-state index >= 15 is 0 Å². The van der Waals surface area contributed by atoms with E-state index in [2.05, 4.69) is 10.6 Å². The fourth-order valence-electron chi connectivity index (χ4n) is 2.81. The smallest absolute Gasteiger partial charge is 0.246 e. The second-order valence-corrected chi connectivity index (χ2v) is 9.45. The van der Waals surface area contributed by atoms with Gasteiger partial charge in [-0.3, -0.25) is 19.2 Å². The van der Waals surface area contributed by atoms with E-state index in [9.17, 15) is 27.6 Å². The van der Waals surface area contributed by atoms with Gasteiger partial charge in [0.25, 0.3) is 0 Å². The Balaban J connectivity index is 2.78. The zero-order chi connectivity index (χ0) is 22.7. The lowest BCUT2D eigenvalue weighted by molar-refractivity contribution is -0.125. The molecule has 0 heterocycles. The van der Waals surface area contributed by atoms with Crippen LogP contribution in [0.5, 0.6) is 0 Å². The summed E-state index contributed by atoms with van der Waals surface area (Å²) in [5, 5.41) is 5.14. The van der Waals surface area contributed by atoms with Crippen LogP contribution in [0.25, 0.3) is 0 Å². The van der Waals surface area contributed by atoms with Gasteiger partial charge in [0.15, 0.2) is 15.6 Å². The Kier molecular flexibility index (Phi) is 10.4. The largest absolute Gasteiger partial charge is 0.343 e. The van der Waals surface area contributed by atoms with Crippen LogP contribution in [-0.4, -0.2) is 49.8 Å². The van der Waals surface area contributed by atoms with Crippen LogP contribution in [0.3, 0.4) is 0 Å². The second kappa shape index (κ2) is 12.2. The van der Waals surface area contributed by atoms with Gasteiger partial charge < -0.3 is 10.6 Å². The van der Waals surface area contributed by atoms with Gasteiger partial charge in [-0.05, 0) is 31.9 Å². The Morgan fingerprint density at radius 3 is 2.37 bits per heavy atom. The molecule has 1 aromatic rings. The van der Waals surface area contributed by atoms with Crippen LogP contribution in [-0.2, 0) is 24.2 Å². The highest BCUT2D eigenvalue weighted by Gasteiger charge is 2.22. The third-order valence-electron chi connectivity index (χ3n) is 4.42. The zero-order valence-electron chi connectivity index (χ0n) is 17.7. The number of hydrogen-bond donors (Lipinski definition) is 2. The van der Waals surface area contributed by atoms with Crippen molar-refractivity contribution < 1.29 is 27.6 Å². The minimum absolute atomic E-state index is 0.147. The maximum absolute atomic E-state index is 12.7. The third-order valence-corrected chi connectivity index (χ3v) is 5.21. The summed E-state index contributed by atoms with van der Waals surface area (Å²) < 4.78 is 22.7. The summed E-state index contributed by atoms with van der Waals surface area (Å²) >= 11 is 0. The molecule has 166 valence electrons. The summed E-state index contributed by atoms with van der Waals surface area (Å²) in [5.74, 6) is -1.93. The number of amides is 2. The number of Topliss-reactive ketones (excluding diaryl/α,β-unsaturated/α-hetero) is 2. The number of carbonyl (C=O) groups is 4. The van der Waals surface area contributed by atoms with Crippen molar-refractivity contribution in [3.63, 3.8) is 0 Å². The van der Waals surface area contributed by atoms with Gasteiger partial charge in [0.2, 0.25) is 11.8 Å². The molecule has 0 spiro atoms. The van der Waals surface area contributed by atoms with Crippen LogP contribution < -0.4 is 10.6 Å². The SMILES string of the molecule is CCC(=O)CCCCC[C@H](NC(=O)CS(C)(=O)=O)C(=O)Nc1cccc(C(C)=O)c1. The van der Waals surface area contributed by atoms with E-state index in [0.717, 1.165) is 6.26 Å². The predicted octanol–water partition coefficient (Wildman–Crippen LogP) is 2.29. The van der Waals surface area contributed by atoms with Gasteiger partial charge in [0.05, 0.1) is 0 Å². The van der Waals surface area contributed by atoms with Crippen LogP contribution in [0.15, 0.2) is 24.3 Å². The van der Waals surface area contributed by atoms with Crippen molar-refractivity contribution in [2.45, 2.75) is 58.4 Å². The molecule has 0 unspecified atom stereocenters. The molecule has 2 N–H and O–H groups in total. The maximum Gasteiger partial charge on any atom is 0.246 e. The number of ketones is 2. The Bertz CT molecular complexity index is 879. The second-order valence-electron chi connectivity index (χ2n) is 7.31. The Morgan fingerprint density at radius 2 is 1.77 bits per heavy atom. The van der Waals surface area contributed by atoms with E-state index in [0.29, 0.717) is 49.8 Å². The summed E-state index contributed by atoms with van der Waals surface area (Å²) in [7, 11) is -3.53. The molecule has 0 saturated carbocycles. The first kappa shape index (κ1) is 25.5. The van der Waals surface area contributed by atoms with Gasteiger partial charge in [-0.2, -0.15) is 0 Å². The van der Waals surface area contributed by atoms with Crippen LogP contribution in [0, 0.1) is 0 Å². The van der Waals surface area contributed by atoms with Crippen LogP contribution in [0.4, 0.5) is 5.69 Å². The lowest BCUT2D eigenvalue weighted by Gasteiger charge is -2.18. The quantitative estimate of drug-likeness (QED) is 0.359. The number of rotatable bonds is 13. The lowest BCUT2D eigenvalue weighted by atomic mass is 10.0. The van der Waals surface area contributed by atoms with E-state index < -0.39 is 33.4 Å². The number of nitrogens with one attached hydrogen (secondary N) is 2. The van der Waals surface area contributed by atoms with Gasteiger partial charge >= 0.3 is 0 Å². The molecule has 0 aromatic heterocycles. The summed E-state index contributed by atoms with van der Waals surface area (Å²) in [4.78, 5) is 47.6. The number of anilines is 1. The first-order chi connectivity index (χ1) is 14.0. The van der Waals surface area contributed by atoms with Gasteiger partial charge in [-0.1, -0.05) is 31.9 Å². The Hall–Kier alpha value is -2.55. The molecule has 1 aromatic carbocycles. The van der Waals surface area contributed by atoms with Gasteiger partial charge in [0, 0.05) is 30.3 Å². The van der Waals surface area contributed by atoms with Crippen molar-refractivity contribution >= 4 is 38.9 Å². The number of benzene rings is 1. The molecule has 0 saturated heterocycles. The fourth-order valence-corrected chi connectivity index (χ4v) is 3.37. The van der Waals surface area contributed by atoms with E-state index in [1.807, 2.05) is 0 Å². The summed E-state index contributed by atoms with van der Waals surface area (Å²) in [6.07, 6.45) is 4.20. The Labute approximate surface area is 177 Å². The molecule has 30 heavy (non-hydrogen) atoms. The highest BCUT2D eigenvalue weighted by molar-refractivity contribution is 7.91. The predicted molar refractivity (Wildman–Crippen MR) is 115 cm³/mol. The Morgan fingerprint density at radius 1 is 1.07 bits per heavy atom. The molecular weight excluding hydrogens is 408 g/mol. The highest BCUT2D eigenvalue weighted by atomic mass is 32.2. The van der Waals surface area contributed by atoms with E-state index in [1.54, 1.807) is 25.1 Å². The monoisotopic (exact) mass is 438 g/mol. The normalized spacial score (nSPS) is 12.1.